The summed E-state index contributed by atoms with van der Waals surface area (Å²) in [6, 6.07) is 6.71. The van der Waals surface area contributed by atoms with Crippen LogP contribution < -0.4 is 5.73 Å². The van der Waals surface area contributed by atoms with Crippen LogP contribution >= 0.6 is 11.6 Å². The predicted molar refractivity (Wildman–Crippen MR) is 73.7 cm³/mol. The third kappa shape index (κ3) is 2.27. The number of hydrogen-bond donors (Lipinski definition) is 2. The Bertz CT molecular complexity index is 674. The quantitative estimate of drug-likeness (QED) is 0.846. The maximum absolute atomic E-state index is 12.5. The number of aromatic amines is 1. The maximum Gasteiger partial charge on any atom is 0.251 e. The Morgan fingerprint density at radius 3 is 2.26 bits per heavy atom. The molecule has 19 heavy (non-hydrogen) atoms. The minimum Gasteiger partial charge on any atom is -0.366 e. The number of H-pyrrole nitrogens is 1. The molecule has 0 saturated carbocycles. The molecule has 0 fully saturated rings. The van der Waals surface area contributed by atoms with Crippen LogP contribution in [0.1, 0.15) is 37.7 Å². The minimum absolute atomic E-state index is 0.224. The monoisotopic (exact) mass is 276 g/mol. The number of ketones is 1. The number of carbonyl (C=O) groups is 2. The Morgan fingerprint density at radius 1 is 1.11 bits per heavy atom. The summed E-state index contributed by atoms with van der Waals surface area (Å²) in [5, 5.41) is 0.348. The van der Waals surface area contributed by atoms with E-state index in [4.69, 9.17) is 17.3 Å². The van der Waals surface area contributed by atoms with Crippen molar-refractivity contribution >= 4 is 23.3 Å². The molecule has 1 heterocycles. The number of hydrogen-bond acceptors (Lipinski definition) is 2. The van der Waals surface area contributed by atoms with Crippen molar-refractivity contribution in [2.75, 3.05) is 0 Å². The molecule has 1 aromatic heterocycles. The van der Waals surface area contributed by atoms with Crippen molar-refractivity contribution in [3.05, 3.63) is 57.4 Å². The van der Waals surface area contributed by atoms with Crippen LogP contribution in [-0.2, 0) is 0 Å². The summed E-state index contributed by atoms with van der Waals surface area (Å²) in [5.74, 6) is -0.932. The molecular weight excluding hydrogens is 264 g/mol. The molecule has 5 heteroatoms. The standard InChI is InChI=1S/C14H13ClN2O2/c1-7-11(12(14(16)19)8(2)17-7)13(18)9-5-3-4-6-10(9)15/h3-6,17H,1-2H3,(H2,16,19). The number of primary amides is 1. The van der Waals surface area contributed by atoms with Crippen LogP contribution in [0.4, 0.5) is 0 Å². The lowest BCUT2D eigenvalue weighted by Crippen LogP contribution is -2.17. The largest absolute Gasteiger partial charge is 0.366 e. The number of halogens is 1. The average Bonchev–Trinajstić information content (AvgIpc) is 2.64. The smallest absolute Gasteiger partial charge is 0.251 e. The maximum atomic E-state index is 12.5. The molecule has 0 aliphatic rings. The highest BCUT2D eigenvalue weighted by molar-refractivity contribution is 6.35. The van der Waals surface area contributed by atoms with Gasteiger partial charge in [0, 0.05) is 17.0 Å². The fourth-order valence-electron chi connectivity index (χ4n) is 2.15. The molecule has 1 amide bonds. The molecule has 0 aliphatic carbocycles. The van der Waals surface area contributed by atoms with Crippen LogP contribution in [0.2, 0.25) is 5.02 Å². The SMILES string of the molecule is Cc1[nH]c(C)c(C(=O)c2ccccc2Cl)c1C(N)=O. The lowest BCUT2D eigenvalue weighted by atomic mass is 9.98. The Labute approximate surface area is 115 Å². The van der Waals surface area contributed by atoms with E-state index in [1.807, 2.05) is 0 Å². The molecule has 0 unspecified atom stereocenters. The van der Waals surface area contributed by atoms with Crippen LogP contribution in [0.5, 0.6) is 0 Å². The van der Waals surface area contributed by atoms with Crippen molar-refractivity contribution in [2.24, 2.45) is 5.73 Å². The van der Waals surface area contributed by atoms with Crippen LogP contribution in [0.3, 0.4) is 0 Å². The number of nitrogens with two attached hydrogens (primary N) is 1. The van der Waals surface area contributed by atoms with Crippen LogP contribution in [-0.4, -0.2) is 16.7 Å². The highest BCUT2D eigenvalue weighted by Crippen LogP contribution is 2.25. The van der Waals surface area contributed by atoms with Gasteiger partial charge in [0.25, 0.3) is 5.91 Å². The van der Waals surface area contributed by atoms with E-state index in [0.29, 0.717) is 22.0 Å². The summed E-state index contributed by atoms with van der Waals surface area (Å²) in [4.78, 5) is 27.0. The predicted octanol–water partition coefficient (Wildman–Crippen LogP) is 2.61. The van der Waals surface area contributed by atoms with Crippen LogP contribution in [0, 0.1) is 13.8 Å². The third-order valence-electron chi connectivity index (χ3n) is 2.97. The number of aromatic nitrogens is 1. The summed E-state index contributed by atoms with van der Waals surface area (Å²) < 4.78 is 0. The Kier molecular flexibility index (Phi) is 3.44. The van der Waals surface area contributed by atoms with E-state index < -0.39 is 5.91 Å². The Balaban J connectivity index is 2.63. The van der Waals surface area contributed by atoms with E-state index in [2.05, 4.69) is 4.98 Å². The van der Waals surface area contributed by atoms with Crippen LogP contribution in [0.15, 0.2) is 24.3 Å². The molecule has 2 rings (SSSR count). The minimum atomic E-state index is -0.628. The topological polar surface area (TPSA) is 75.9 Å². The van der Waals surface area contributed by atoms with Gasteiger partial charge in [0.2, 0.25) is 0 Å². The van der Waals surface area contributed by atoms with Crippen LogP contribution in [0.25, 0.3) is 0 Å². The highest BCUT2D eigenvalue weighted by atomic mass is 35.5. The van der Waals surface area contributed by atoms with Crippen molar-refractivity contribution in [1.29, 1.82) is 0 Å². The van der Waals surface area contributed by atoms with E-state index in [0.717, 1.165) is 0 Å². The first-order valence-electron chi connectivity index (χ1n) is 5.71. The van der Waals surface area contributed by atoms with Gasteiger partial charge in [0.05, 0.1) is 16.1 Å². The van der Waals surface area contributed by atoms with Gasteiger partial charge in [-0.05, 0) is 26.0 Å². The first-order valence-corrected chi connectivity index (χ1v) is 6.09. The molecule has 0 saturated heterocycles. The number of rotatable bonds is 3. The Hall–Kier alpha value is -2.07. The van der Waals surface area contributed by atoms with Gasteiger partial charge >= 0.3 is 0 Å². The van der Waals surface area contributed by atoms with Crippen molar-refractivity contribution in [3.63, 3.8) is 0 Å². The van der Waals surface area contributed by atoms with E-state index in [1.165, 1.54) is 0 Å². The first-order chi connectivity index (χ1) is 8.93. The van der Waals surface area contributed by atoms with Gasteiger partial charge in [-0.25, -0.2) is 0 Å². The zero-order valence-corrected chi connectivity index (χ0v) is 11.3. The lowest BCUT2D eigenvalue weighted by Gasteiger charge is -2.05. The molecule has 1 aromatic carbocycles. The van der Waals surface area contributed by atoms with Gasteiger partial charge < -0.3 is 10.7 Å². The zero-order chi connectivity index (χ0) is 14.2. The molecule has 0 spiro atoms. The van der Waals surface area contributed by atoms with Crippen molar-refractivity contribution in [1.82, 2.24) is 4.98 Å². The molecule has 2 aromatic rings. The number of carbonyl (C=O) groups excluding carboxylic acids is 2. The van der Waals surface area contributed by atoms with E-state index in [-0.39, 0.29) is 16.9 Å². The summed E-state index contributed by atoms with van der Waals surface area (Å²) >= 11 is 6.01. The zero-order valence-electron chi connectivity index (χ0n) is 10.6. The molecule has 0 bridgehead atoms. The van der Waals surface area contributed by atoms with E-state index in [9.17, 15) is 9.59 Å². The van der Waals surface area contributed by atoms with Gasteiger partial charge in [-0.15, -0.1) is 0 Å². The molecule has 0 atom stereocenters. The normalized spacial score (nSPS) is 10.5. The second-order valence-electron chi connectivity index (χ2n) is 4.30. The average molecular weight is 277 g/mol. The van der Waals surface area contributed by atoms with Gasteiger partial charge in [-0.1, -0.05) is 23.7 Å². The molecule has 3 N–H and O–H groups in total. The van der Waals surface area contributed by atoms with Crippen molar-refractivity contribution in [3.8, 4) is 0 Å². The van der Waals surface area contributed by atoms with E-state index in [1.54, 1.807) is 38.1 Å². The number of amides is 1. The highest BCUT2D eigenvalue weighted by Gasteiger charge is 2.24. The molecule has 0 aliphatic heterocycles. The second kappa shape index (κ2) is 4.90. The van der Waals surface area contributed by atoms with Crippen molar-refractivity contribution < 1.29 is 9.59 Å². The lowest BCUT2D eigenvalue weighted by molar-refractivity contribution is 0.0981. The molecule has 4 nitrogen and oxygen atoms in total. The van der Waals surface area contributed by atoms with Gasteiger partial charge in [-0.3, -0.25) is 9.59 Å². The fraction of sp³-hybridized carbons (Fsp3) is 0.143. The number of aryl methyl sites for hydroxylation is 2. The van der Waals surface area contributed by atoms with Crippen molar-refractivity contribution in [2.45, 2.75) is 13.8 Å². The summed E-state index contributed by atoms with van der Waals surface area (Å²) in [7, 11) is 0. The summed E-state index contributed by atoms with van der Waals surface area (Å²) in [6.45, 7) is 3.43. The second-order valence-corrected chi connectivity index (χ2v) is 4.71. The van der Waals surface area contributed by atoms with Gasteiger partial charge in [0.1, 0.15) is 0 Å². The van der Waals surface area contributed by atoms with Gasteiger partial charge in [0.15, 0.2) is 5.78 Å². The Morgan fingerprint density at radius 2 is 1.68 bits per heavy atom. The number of nitrogens with one attached hydrogen (secondary N) is 1. The van der Waals surface area contributed by atoms with Gasteiger partial charge in [-0.2, -0.15) is 0 Å². The summed E-state index contributed by atoms with van der Waals surface area (Å²) in [6.07, 6.45) is 0. The summed E-state index contributed by atoms with van der Waals surface area (Å²) in [5.41, 5.74) is 7.40. The molecule has 98 valence electrons. The number of benzene rings is 1. The molecule has 0 radical (unpaired) electrons. The van der Waals surface area contributed by atoms with E-state index >= 15 is 0 Å². The first kappa shape index (κ1) is 13.4. The molecular formula is C14H13ClN2O2. The third-order valence-corrected chi connectivity index (χ3v) is 3.30. The fourth-order valence-corrected chi connectivity index (χ4v) is 2.37.